The Kier molecular flexibility index (Phi) is 33.0. The van der Waals surface area contributed by atoms with Crippen LogP contribution in [0, 0.1) is 20.8 Å². The van der Waals surface area contributed by atoms with Crippen LogP contribution in [0.15, 0.2) is 314 Å². The fourth-order valence-electron chi connectivity index (χ4n) is 14.6. The van der Waals surface area contributed by atoms with E-state index in [1.807, 2.05) is 191 Å². The molecule has 2 aliphatic rings. The predicted molar refractivity (Wildman–Crippen MR) is 481 cm³/mol. The van der Waals surface area contributed by atoms with Gasteiger partial charge in [0.05, 0.1) is 24.5 Å². The number of allylic oxidation sites excluding steroid dienone is 10. The van der Waals surface area contributed by atoms with Gasteiger partial charge in [-0.1, -0.05) is 145 Å². The molecular formula is C94H94AlCl2N5O15S5. The summed E-state index contributed by atoms with van der Waals surface area (Å²) in [6, 6.07) is 66.7. The van der Waals surface area contributed by atoms with E-state index in [1.54, 1.807) is 30.3 Å². The van der Waals surface area contributed by atoms with Crippen LogP contribution in [0.4, 0.5) is 17.1 Å². The maximum atomic E-state index is 11.6. The van der Waals surface area contributed by atoms with E-state index in [-0.39, 0.29) is 41.8 Å². The number of hydrogen-bond acceptors (Lipinski definition) is 18. The number of halogens is 2. The Morgan fingerprint density at radius 3 is 0.902 bits per heavy atom. The van der Waals surface area contributed by atoms with Gasteiger partial charge in [-0.05, 0) is 269 Å². The van der Waals surface area contributed by atoms with Crippen LogP contribution in [0.2, 0.25) is 10.0 Å². The summed E-state index contributed by atoms with van der Waals surface area (Å²) in [5.41, 5.74) is 21.4. The third kappa shape index (κ3) is 25.2. The molecule has 10 aromatic rings. The van der Waals surface area contributed by atoms with Crippen molar-refractivity contribution < 1.29 is 74.0 Å². The van der Waals surface area contributed by atoms with Gasteiger partial charge in [0.15, 0.2) is 24.5 Å². The molecule has 0 heterocycles. The minimum atomic E-state index is -4.56. The molecule has 0 amide bonds. The molecule has 0 unspecified atom stereocenters. The van der Waals surface area contributed by atoms with Gasteiger partial charge in [0.25, 0.3) is 0 Å². The molecule has 0 aromatic heterocycles. The summed E-state index contributed by atoms with van der Waals surface area (Å²) in [5.74, 6) is 0. The largest absolute Gasteiger partial charge is 3.00 e. The van der Waals surface area contributed by atoms with Crippen molar-refractivity contribution in [1.82, 2.24) is 0 Å². The van der Waals surface area contributed by atoms with Gasteiger partial charge in [0.2, 0.25) is 0 Å². The standard InChI is InChI=1S/2C39H39ClN2O6S2.C16H19NO3S.Al/c2*1-5-41(25-29-11-9-13-33(23-29)49(43,44)45)31-17-19-35(27(3)21-31)39(37-15-7-8-16-38(37)40)36-20-18-32(22-28(36)4)42(6-2)26-30-12-10-14-34(24-30)50(46,47)48;1-3-17(15-8-4-6-13(2)10-15)12-14-7-5-9-16(11-14)21(18,19)20;/h2*7-24H,5-6,25-26H2,1-4H3,(H-,43,44,45,46,47,48);4-11H,3,12H2,1-2H3,(H,18,19,20);/q;;;+3/p-3. The van der Waals surface area contributed by atoms with E-state index in [0.29, 0.717) is 91.2 Å². The van der Waals surface area contributed by atoms with E-state index in [4.69, 9.17) is 23.2 Å². The van der Waals surface area contributed by atoms with Crippen LogP contribution in [0.3, 0.4) is 0 Å². The van der Waals surface area contributed by atoms with Crippen molar-refractivity contribution in [1.29, 1.82) is 0 Å². The van der Waals surface area contributed by atoms with Gasteiger partial charge in [-0.2, -0.15) is 0 Å². The fraction of sp³-hybridized carbons (Fsp3) is 0.213. The number of aryl methyl sites for hydroxylation is 3. The first-order valence-electron chi connectivity index (χ1n) is 39.0. The molecule has 0 aliphatic heterocycles. The average molecular weight is 1790 g/mol. The van der Waals surface area contributed by atoms with E-state index in [1.165, 1.54) is 66.2 Å². The number of nitrogens with zero attached hydrogens (tertiary/aromatic N) is 5. The fourth-order valence-corrected chi connectivity index (χ4v) is 17.7. The van der Waals surface area contributed by atoms with Crippen molar-refractivity contribution in [2.45, 2.75) is 126 Å². The predicted octanol–water partition coefficient (Wildman–Crippen LogP) is 17.5. The minimum Gasteiger partial charge on any atom is -0.744 e. The topological polar surface area (TPSA) is 302 Å². The van der Waals surface area contributed by atoms with Crippen LogP contribution in [-0.4, -0.2) is 136 Å². The summed E-state index contributed by atoms with van der Waals surface area (Å²) >= 11 is 13.7. The number of benzene rings is 10. The Hall–Kier alpha value is -9.96. The third-order valence-electron chi connectivity index (χ3n) is 20.7. The summed E-state index contributed by atoms with van der Waals surface area (Å²) in [4.78, 5) is 5.19. The Morgan fingerprint density at radius 1 is 0.328 bits per heavy atom. The van der Waals surface area contributed by atoms with Gasteiger partial charge in [0, 0.05) is 113 Å². The minimum absolute atomic E-state index is 0. The zero-order valence-corrected chi connectivity index (χ0v) is 76.0. The van der Waals surface area contributed by atoms with Gasteiger partial charge in [-0.25, -0.2) is 51.2 Å². The van der Waals surface area contributed by atoms with Crippen LogP contribution in [0.1, 0.15) is 115 Å². The molecule has 0 radical (unpaired) electrons. The molecule has 2 aliphatic carbocycles. The molecule has 0 N–H and O–H groups in total. The molecule has 0 atom stereocenters. The Bertz CT molecular complexity index is 6140. The average Bonchev–Trinajstić information content (AvgIpc) is 0.774. The van der Waals surface area contributed by atoms with Crippen molar-refractivity contribution in [2.75, 3.05) is 47.4 Å². The zero-order chi connectivity index (χ0) is 87.9. The van der Waals surface area contributed by atoms with Crippen molar-refractivity contribution in [3.05, 3.63) is 366 Å². The van der Waals surface area contributed by atoms with Gasteiger partial charge in [-0.3, -0.25) is 0 Å². The number of anilines is 3. The Labute approximate surface area is 738 Å². The molecule has 632 valence electrons. The van der Waals surface area contributed by atoms with E-state index >= 15 is 0 Å². The second kappa shape index (κ2) is 41.9. The monoisotopic (exact) mass is 1790 g/mol. The zero-order valence-electron chi connectivity index (χ0n) is 69.2. The van der Waals surface area contributed by atoms with E-state index in [2.05, 4.69) is 78.5 Å². The SMILES string of the molecule is CCN(Cc1cccc(S(=O)(=O)[O-])c1)c1ccc(C(=C2C=CC(=[N+](CC)Cc3cccc(S(=O)(=O)[O-])c3)C=C2C)c2ccccc2Cl)c(C)c1.CCN(Cc1cccc(S(=O)(=O)[O-])c1)c1ccc(C(=C2C=CC(=[N+](CC)Cc3cccc(S(=O)(=O)[O-])c3)C=C2C)c2ccccc2Cl)c(C)c1.CCN(Cc1cccc(S(=O)(=O)[O-])c1)c1cccc(C)c1.[Al+3]. The summed E-state index contributed by atoms with van der Waals surface area (Å²) in [6.45, 7) is 26.0. The maximum absolute atomic E-state index is 11.6. The first-order valence-corrected chi connectivity index (χ1v) is 46.8. The van der Waals surface area contributed by atoms with Crippen LogP contribution < -0.4 is 14.7 Å². The molecule has 28 heteroatoms. The third-order valence-corrected chi connectivity index (χ3v) is 25.6. The normalized spacial score (nSPS) is 14.6. The second-order valence-corrected chi connectivity index (χ2v) is 36.8. The smallest absolute Gasteiger partial charge is 0.744 e. The van der Waals surface area contributed by atoms with E-state index < -0.39 is 50.6 Å². The molecule has 122 heavy (non-hydrogen) atoms. The summed E-state index contributed by atoms with van der Waals surface area (Å²) in [6.07, 6.45) is 12.4. The molecule has 0 saturated heterocycles. The van der Waals surface area contributed by atoms with Crippen molar-refractivity contribution in [2.24, 2.45) is 0 Å². The van der Waals surface area contributed by atoms with Crippen LogP contribution >= 0.6 is 23.2 Å². The van der Waals surface area contributed by atoms with E-state index in [0.717, 1.165) is 107 Å². The van der Waals surface area contributed by atoms with Gasteiger partial charge >= 0.3 is 17.4 Å². The Morgan fingerprint density at radius 2 is 0.623 bits per heavy atom. The summed E-state index contributed by atoms with van der Waals surface area (Å²) in [5, 5.41) is 1.22. The molecule has 0 saturated carbocycles. The molecular weight excluding hydrogens is 1700 g/mol. The molecule has 0 spiro atoms. The quantitative estimate of drug-likeness (QED) is 0.0262. The summed E-state index contributed by atoms with van der Waals surface area (Å²) < 4.78 is 177. The van der Waals surface area contributed by atoms with Crippen molar-refractivity contribution in [3.63, 3.8) is 0 Å². The number of hydrogen-bond donors (Lipinski definition) is 0. The first-order chi connectivity index (χ1) is 57.3. The first kappa shape index (κ1) is 95.9. The number of rotatable bonds is 27. The Balaban J connectivity index is 0.000000223. The molecule has 20 nitrogen and oxygen atoms in total. The maximum Gasteiger partial charge on any atom is 3.00 e. The van der Waals surface area contributed by atoms with Crippen molar-refractivity contribution in [3.8, 4) is 0 Å². The van der Waals surface area contributed by atoms with Crippen LogP contribution in [-0.2, 0) is 83.3 Å². The second-order valence-electron chi connectivity index (χ2n) is 29.1. The molecule has 0 bridgehead atoms. The van der Waals surface area contributed by atoms with Gasteiger partial charge < -0.3 is 37.5 Å². The van der Waals surface area contributed by atoms with Crippen LogP contribution in [0.5, 0.6) is 0 Å². The molecule has 0 fully saturated rings. The van der Waals surface area contributed by atoms with Gasteiger partial charge in [0.1, 0.15) is 63.7 Å². The van der Waals surface area contributed by atoms with Gasteiger partial charge in [-0.15, -0.1) is 0 Å². The summed E-state index contributed by atoms with van der Waals surface area (Å²) in [7, 11) is -22.6. The van der Waals surface area contributed by atoms with E-state index in [9.17, 15) is 64.9 Å². The molecule has 10 aromatic carbocycles. The molecule has 12 rings (SSSR count). The van der Waals surface area contributed by atoms with Crippen molar-refractivity contribution >= 4 is 131 Å². The van der Waals surface area contributed by atoms with Crippen LogP contribution in [0.25, 0.3) is 11.1 Å².